The third-order valence-corrected chi connectivity index (χ3v) is 1.49. The van der Waals surface area contributed by atoms with Gasteiger partial charge in [0.25, 0.3) is 0 Å². The zero-order valence-corrected chi connectivity index (χ0v) is 7.02. The first-order chi connectivity index (χ1) is 6.04. The molecular weight excluding hydrogens is 185 g/mol. The van der Waals surface area contributed by atoms with E-state index in [2.05, 4.69) is 4.42 Å². The van der Waals surface area contributed by atoms with Gasteiger partial charge >= 0.3 is 6.18 Å². The molecule has 74 valence electrons. The summed E-state index contributed by atoms with van der Waals surface area (Å²) < 4.78 is 45.2. The quantitative estimate of drug-likeness (QED) is 0.737. The summed E-state index contributed by atoms with van der Waals surface area (Å²) in [6.45, 7) is 0.352. The number of hydrogen-bond acceptors (Lipinski definition) is 2. The van der Waals surface area contributed by atoms with E-state index in [0.29, 0.717) is 13.0 Å². The third kappa shape index (κ3) is 2.77. The van der Waals surface area contributed by atoms with Crippen molar-refractivity contribution in [3.05, 3.63) is 23.7 Å². The lowest BCUT2D eigenvalue weighted by Gasteiger charge is -2.00. The van der Waals surface area contributed by atoms with Crippen molar-refractivity contribution >= 4 is 0 Å². The number of alkyl halides is 3. The van der Waals surface area contributed by atoms with Crippen molar-refractivity contribution in [2.24, 2.45) is 0 Å². The molecule has 0 radical (unpaired) electrons. The second kappa shape index (κ2) is 3.83. The molecule has 0 fully saturated rings. The van der Waals surface area contributed by atoms with Crippen molar-refractivity contribution < 1.29 is 22.3 Å². The predicted octanol–water partition coefficient (Wildman–Crippen LogP) is 2.49. The van der Waals surface area contributed by atoms with Crippen LogP contribution in [0.5, 0.6) is 0 Å². The molecule has 5 heteroatoms. The number of ether oxygens (including phenoxy) is 1. The van der Waals surface area contributed by atoms with Crippen LogP contribution in [0, 0.1) is 0 Å². The highest BCUT2D eigenvalue weighted by molar-refractivity contribution is 5.09. The normalized spacial score (nSPS) is 12.0. The molecule has 0 unspecified atom stereocenters. The molecule has 0 saturated heterocycles. The predicted molar refractivity (Wildman–Crippen MR) is 39.3 cm³/mol. The molecule has 0 aromatic carbocycles. The summed E-state index contributed by atoms with van der Waals surface area (Å²) in [6.07, 6.45) is -4.04. The summed E-state index contributed by atoms with van der Waals surface area (Å²) in [7, 11) is 1.48. The Kier molecular flexibility index (Phi) is 2.98. The fourth-order valence-electron chi connectivity index (χ4n) is 0.867. The average Bonchev–Trinajstić information content (AvgIpc) is 2.47. The van der Waals surface area contributed by atoms with Crippen LogP contribution >= 0.6 is 0 Å². The zero-order valence-electron chi connectivity index (χ0n) is 7.02. The van der Waals surface area contributed by atoms with Crippen LogP contribution in [0.1, 0.15) is 11.5 Å². The molecule has 1 aromatic rings. The maximum atomic E-state index is 12.0. The maximum Gasteiger partial charge on any atom is 0.449 e. The number of hydrogen-bond donors (Lipinski definition) is 0. The minimum atomic E-state index is -4.40. The van der Waals surface area contributed by atoms with Crippen LogP contribution in [0.15, 0.2) is 16.5 Å². The fraction of sp³-hybridized carbons (Fsp3) is 0.500. The molecule has 0 aliphatic carbocycles. The Morgan fingerprint density at radius 1 is 1.38 bits per heavy atom. The summed E-state index contributed by atoms with van der Waals surface area (Å²) in [4.78, 5) is 0. The highest BCUT2D eigenvalue weighted by atomic mass is 19.4. The van der Waals surface area contributed by atoms with E-state index < -0.39 is 11.9 Å². The van der Waals surface area contributed by atoms with Crippen molar-refractivity contribution in [1.29, 1.82) is 0 Å². The van der Waals surface area contributed by atoms with Crippen LogP contribution in [0.4, 0.5) is 13.2 Å². The molecule has 0 aliphatic heterocycles. The number of methoxy groups -OCH3 is 1. The standard InChI is InChI=1S/C8H9F3O2/c1-12-5-4-6-2-3-7(13-6)8(9,10)11/h2-3H,4-5H2,1H3. The van der Waals surface area contributed by atoms with E-state index >= 15 is 0 Å². The second-order valence-electron chi connectivity index (χ2n) is 2.51. The van der Waals surface area contributed by atoms with Crippen LogP contribution in [0.2, 0.25) is 0 Å². The van der Waals surface area contributed by atoms with Gasteiger partial charge in [0.1, 0.15) is 5.76 Å². The van der Waals surface area contributed by atoms with E-state index in [1.54, 1.807) is 0 Å². The molecule has 1 aromatic heterocycles. The average molecular weight is 194 g/mol. The minimum absolute atomic E-state index is 0.286. The van der Waals surface area contributed by atoms with Gasteiger partial charge in [0.15, 0.2) is 0 Å². The van der Waals surface area contributed by atoms with Crippen LogP contribution in [0.3, 0.4) is 0 Å². The summed E-state index contributed by atoms with van der Waals surface area (Å²) in [5.41, 5.74) is 0. The third-order valence-electron chi connectivity index (χ3n) is 1.49. The number of rotatable bonds is 3. The highest BCUT2D eigenvalue weighted by Crippen LogP contribution is 2.30. The highest BCUT2D eigenvalue weighted by Gasteiger charge is 2.34. The van der Waals surface area contributed by atoms with Gasteiger partial charge in [-0.1, -0.05) is 0 Å². The molecule has 0 N–H and O–H groups in total. The molecular formula is C8H9F3O2. The monoisotopic (exact) mass is 194 g/mol. The first kappa shape index (κ1) is 10.1. The Hall–Kier alpha value is -0.970. The molecule has 0 amide bonds. The second-order valence-corrected chi connectivity index (χ2v) is 2.51. The fourth-order valence-corrected chi connectivity index (χ4v) is 0.867. The van der Waals surface area contributed by atoms with E-state index in [4.69, 9.17) is 4.74 Å². The van der Waals surface area contributed by atoms with Gasteiger partial charge in [-0.15, -0.1) is 0 Å². The van der Waals surface area contributed by atoms with E-state index in [9.17, 15) is 13.2 Å². The van der Waals surface area contributed by atoms with Crippen molar-refractivity contribution in [3.63, 3.8) is 0 Å². The molecule has 0 atom stereocenters. The van der Waals surface area contributed by atoms with Crippen molar-refractivity contribution in [1.82, 2.24) is 0 Å². The van der Waals surface area contributed by atoms with E-state index in [0.717, 1.165) is 6.07 Å². The van der Waals surface area contributed by atoms with Crippen LogP contribution in [0.25, 0.3) is 0 Å². The minimum Gasteiger partial charge on any atom is -0.456 e. The van der Waals surface area contributed by atoms with E-state index in [1.165, 1.54) is 13.2 Å². The van der Waals surface area contributed by atoms with Crippen molar-refractivity contribution in [2.45, 2.75) is 12.6 Å². The van der Waals surface area contributed by atoms with Crippen molar-refractivity contribution in [2.75, 3.05) is 13.7 Å². The van der Waals surface area contributed by atoms with E-state index in [1.807, 2.05) is 0 Å². The van der Waals surface area contributed by atoms with Gasteiger partial charge in [-0.05, 0) is 12.1 Å². The molecule has 0 saturated carbocycles. The van der Waals surface area contributed by atoms with Crippen LogP contribution < -0.4 is 0 Å². The van der Waals surface area contributed by atoms with Crippen LogP contribution in [-0.2, 0) is 17.3 Å². The number of halogens is 3. The van der Waals surface area contributed by atoms with Gasteiger partial charge in [0.05, 0.1) is 6.61 Å². The van der Waals surface area contributed by atoms with E-state index in [-0.39, 0.29) is 5.76 Å². The molecule has 0 bridgehead atoms. The first-order valence-corrected chi connectivity index (χ1v) is 3.69. The topological polar surface area (TPSA) is 22.4 Å². The Balaban J connectivity index is 2.64. The Morgan fingerprint density at radius 2 is 2.08 bits per heavy atom. The molecule has 2 nitrogen and oxygen atoms in total. The zero-order chi connectivity index (χ0) is 9.90. The summed E-state index contributed by atoms with van der Waals surface area (Å²) >= 11 is 0. The first-order valence-electron chi connectivity index (χ1n) is 3.69. The molecule has 1 rings (SSSR count). The van der Waals surface area contributed by atoms with Gasteiger partial charge < -0.3 is 9.15 Å². The molecule has 0 aliphatic rings. The van der Waals surface area contributed by atoms with Gasteiger partial charge in [-0.25, -0.2) is 0 Å². The molecule has 1 heterocycles. The summed E-state index contributed by atoms with van der Waals surface area (Å²) in [5.74, 6) is -0.673. The van der Waals surface area contributed by atoms with Gasteiger partial charge in [-0.2, -0.15) is 13.2 Å². The number of furan rings is 1. The Morgan fingerprint density at radius 3 is 2.54 bits per heavy atom. The van der Waals surface area contributed by atoms with Crippen LogP contribution in [-0.4, -0.2) is 13.7 Å². The Bertz CT molecular complexity index is 265. The summed E-state index contributed by atoms with van der Waals surface area (Å²) in [6, 6.07) is 2.23. The van der Waals surface area contributed by atoms with Crippen molar-refractivity contribution in [3.8, 4) is 0 Å². The van der Waals surface area contributed by atoms with Gasteiger partial charge in [0.2, 0.25) is 5.76 Å². The smallest absolute Gasteiger partial charge is 0.449 e. The molecule has 13 heavy (non-hydrogen) atoms. The SMILES string of the molecule is COCCc1ccc(C(F)(F)F)o1. The maximum absolute atomic E-state index is 12.0. The Labute approximate surface area is 73.3 Å². The largest absolute Gasteiger partial charge is 0.456 e. The molecule has 0 spiro atoms. The lowest BCUT2D eigenvalue weighted by Crippen LogP contribution is -2.02. The van der Waals surface area contributed by atoms with Gasteiger partial charge in [0, 0.05) is 13.5 Å². The lowest BCUT2D eigenvalue weighted by atomic mass is 10.3. The lowest BCUT2D eigenvalue weighted by molar-refractivity contribution is -0.153. The summed E-state index contributed by atoms with van der Waals surface area (Å²) in [5, 5.41) is 0. The van der Waals surface area contributed by atoms with Gasteiger partial charge in [-0.3, -0.25) is 0 Å².